The molecule has 3 aliphatic carbocycles. The average molecular weight is 343 g/mol. The van der Waals surface area contributed by atoms with E-state index in [-0.39, 0.29) is 12.1 Å². The zero-order valence-corrected chi connectivity index (χ0v) is 15.4. The molecule has 4 aliphatic rings. The molecule has 0 radical (unpaired) electrons. The first-order chi connectivity index (χ1) is 10.6. The van der Waals surface area contributed by atoms with E-state index in [0.29, 0.717) is 36.1 Å². The van der Waals surface area contributed by atoms with Crippen molar-refractivity contribution < 1.29 is 17.9 Å². The fraction of sp³-hybridized carbons (Fsp3) is 0.941. The number of hydrogen-bond acceptors (Lipinski definition) is 4. The van der Waals surface area contributed by atoms with Gasteiger partial charge in [-0.05, 0) is 55.3 Å². The molecule has 5 nitrogen and oxygen atoms in total. The Labute approximate surface area is 139 Å². The summed E-state index contributed by atoms with van der Waals surface area (Å²) in [6.45, 7) is 7.23. The first-order valence-electron chi connectivity index (χ1n) is 8.79. The predicted molar refractivity (Wildman–Crippen MR) is 88.2 cm³/mol. The number of rotatable bonds is 3. The Morgan fingerprint density at radius 2 is 1.91 bits per heavy atom. The lowest BCUT2D eigenvalue weighted by molar-refractivity contribution is -0.189. The van der Waals surface area contributed by atoms with Gasteiger partial charge in [0.15, 0.2) is 0 Å². The van der Waals surface area contributed by atoms with E-state index in [2.05, 4.69) is 20.8 Å². The second-order valence-corrected chi connectivity index (χ2v) is 10.3. The van der Waals surface area contributed by atoms with Crippen molar-refractivity contribution in [2.24, 2.45) is 23.2 Å². The molecule has 5 atom stereocenters. The molecule has 0 aromatic carbocycles. The maximum absolute atomic E-state index is 12.6. The van der Waals surface area contributed by atoms with Crippen molar-refractivity contribution in [1.82, 2.24) is 4.31 Å². The first kappa shape index (κ1) is 17.2. The van der Waals surface area contributed by atoms with Crippen molar-refractivity contribution in [3.63, 3.8) is 0 Å². The number of carbonyl (C=O) groups excluding carboxylic acids is 1. The number of hydrogen-bond donors (Lipinski definition) is 0. The highest BCUT2D eigenvalue weighted by Crippen LogP contribution is 2.61. The molecule has 3 saturated carbocycles. The molecule has 132 valence electrons. The minimum absolute atomic E-state index is 0.0531. The van der Waals surface area contributed by atoms with Gasteiger partial charge in [-0.25, -0.2) is 8.42 Å². The van der Waals surface area contributed by atoms with E-state index in [1.54, 1.807) is 0 Å². The van der Waals surface area contributed by atoms with Gasteiger partial charge in [-0.1, -0.05) is 20.8 Å². The van der Waals surface area contributed by atoms with Crippen LogP contribution in [0, 0.1) is 23.2 Å². The molecule has 0 spiro atoms. The number of nitrogens with zero attached hydrogens (tertiary/aromatic N) is 1. The molecule has 0 amide bonds. The van der Waals surface area contributed by atoms with Crippen molar-refractivity contribution in [2.45, 2.75) is 65.0 Å². The molecular weight excluding hydrogens is 314 g/mol. The summed E-state index contributed by atoms with van der Waals surface area (Å²) in [5.41, 5.74) is 0.353. The second kappa shape index (κ2) is 5.73. The summed E-state index contributed by atoms with van der Waals surface area (Å²) in [5.74, 6) is 1.25. The molecule has 4 rings (SSSR count). The minimum atomic E-state index is -3.36. The third kappa shape index (κ3) is 2.93. The fourth-order valence-electron chi connectivity index (χ4n) is 5.02. The average Bonchev–Trinajstić information content (AvgIpc) is 2.47. The van der Waals surface area contributed by atoms with Crippen LogP contribution in [0.2, 0.25) is 0 Å². The normalized spacial score (nSPS) is 40.3. The van der Waals surface area contributed by atoms with Crippen LogP contribution in [-0.2, 0) is 19.6 Å². The van der Waals surface area contributed by atoms with Gasteiger partial charge >= 0.3 is 5.97 Å². The number of piperidine rings is 1. The zero-order valence-electron chi connectivity index (χ0n) is 14.6. The molecule has 0 aromatic heterocycles. The van der Waals surface area contributed by atoms with E-state index in [1.165, 1.54) is 17.0 Å². The Balaban J connectivity index is 1.67. The standard InChI is InChI=1S/C17H29NO4S/c1-11-13-9-12(17(13,2)3)10-15(11)22-16(19)14-7-5-6-8-18(14)23(4,20)21/h11-15H,5-10H2,1-4H3/t11-,12+,13+,14+,15+/m0/s1. The molecule has 4 fully saturated rings. The second-order valence-electron chi connectivity index (χ2n) is 8.32. The Morgan fingerprint density at radius 3 is 2.48 bits per heavy atom. The van der Waals surface area contributed by atoms with Crippen molar-refractivity contribution >= 4 is 16.0 Å². The molecule has 0 N–H and O–H groups in total. The van der Waals surface area contributed by atoms with Crippen LogP contribution in [0.4, 0.5) is 0 Å². The van der Waals surface area contributed by atoms with Crippen molar-refractivity contribution in [3.05, 3.63) is 0 Å². The molecule has 1 saturated heterocycles. The quantitative estimate of drug-likeness (QED) is 0.738. The molecule has 23 heavy (non-hydrogen) atoms. The van der Waals surface area contributed by atoms with E-state index in [0.717, 1.165) is 19.3 Å². The monoisotopic (exact) mass is 343 g/mol. The van der Waals surface area contributed by atoms with Crippen LogP contribution < -0.4 is 0 Å². The summed E-state index contributed by atoms with van der Waals surface area (Å²) in [6.07, 6.45) is 5.55. The minimum Gasteiger partial charge on any atom is -0.461 e. The maximum Gasteiger partial charge on any atom is 0.324 e. The number of esters is 1. The summed E-state index contributed by atoms with van der Waals surface area (Å²) >= 11 is 0. The Morgan fingerprint density at radius 1 is 1.22 bits per heavy atom. The third-order valence-corrected chi connectivity index (χ3v) is 7.99. The van der Waals surface area contributed by atoms with Crippen LogP contribution in [0.1, 0.15) is 52.9 Å². The van der Waals surface area contributed by atoms with Gasteiger partial charge in [-0.3, -0.25) is 4.79 Å². The molecule has 6 heteroatoms. The Hall–Kier alpha value is -0.620. The van der Waals surface area contributed by atoms with Gasteiger partial charge in [-0.2, -0.15) is 4.31 Å². The summed E-state index contributed by atoms with van der Waals surface area (Å²) in [7, 11) is -3.36. The SMILES string of the molecule is C[C@H]1[C@H]2C[C@H](C[C@H]1OC(=O)[C@H]1CCCCN1S(C)(=O)=O)C2(C)C. The van der Waals surface area contributed by atoms with Crippen LogP contribution in [-0.4, -0.2) is 43.6 Å². The number of sulfonamides is 1. The molecule has 0 unspecified atom stereocenters. The van der Waals surface area contributed by atoms with E-state index in [9.17, 15) is 13.2 Å². The van der Waals surface area contributed by atoms with E-state index >= 15 is 0 Å². The van der Waals surface area contributed by atoms with Crippen LogP contribution in [0.25, 0.3) is 0 Å². The summed E-state index contributed by atoms with van der Waals surface area (Å²) < 4.78 is 31.0. The third-order valence-electron chi connectivity index (χ3n) is 6.70. The van der Waals surface area contributed by atoms with Crippen molar-refractivity contribution in [3.8, 4) is 0 Å². The molecule has 0 aromatic rings. The summed E-state index contributed by atoms with van der Waals surface area (Å²) in [5, 5.41) is 0. The number of carbonyl (C=O) groups is 1. The number of ether oxygens (including phenoxy) is 1. The topological polar surface area (TPSA) is 63.7 Å². The van der Waals surface area contributed by atoms with Gasteiger partial charge in [0, 0.05) is 6.54 Å². The van der Waals surface area contributed by atoms with Crippen molar-refractivity contribution in [1.29, 1.82) is 0 Å². The molecule has 1 aliphatic heterocycles. The highest BCUT2D eigenvalue weighted by Gasteiger charge is 2.57. The lowest BCUT2D eigenvalue weighted by Gasteiger charge is -2.61. The van der Waals surface area contributed by atoms with Crippen LogP contribution in [0.5, 0.6) is 0 Å². The van der Waals surface area contributed by atoms with Crippen LogP contribution in [0.15, 0.2) is 0 Å². The summed E-state index contributed by atoms with van der Waals surface area (Å²) in [4.78, 5) is 12.6. The van der Waals surface area contributed by atoms with Gasteiger partial charge in [0.05, 0.1) is 6.26 Å². The van der Waals surface area contributed by atoms with E-state index in [1.807, 2.05) is 0 Å². The molecular formula is C17H29NO4S. The summed E-state index contributed by atoms with van der Waals surface area (Å²) in [6, 6.07) is -0.628. The lowest BCUT2D eigenvalue weighted by atomic mass is 9.45. The van der Waals surface area contributed by atoms with Crippen LogP contribution >= 0.6 is 0 Å². The predicted octanol–water partition coefficient (Wildman–Crippen LogP) is 2.41. The molecule has 1 heterocycles. The Bertz CT molecular complexity index is 585. The van der Waals surface area contributed by atoms with E-state index in [4.69, 9.17) is 4.74 Å². The number of fused-ring (bicyclic) bond motifs is 2. The van der Waals surface area contributed by atoms with Crippen LogP contribution in [0.3, 0.4) is 0 Å². The van der Waals surface area contributed by atoms with Gasteiger partial charge < -0.3 is 4.74 Å². The highest BCUT2D eigenvalue weighted by molar-refractivity contribution is 7.88. The molecule has 2 bridgehead atoms. The van der Waals surface area contributed by atoms with Crippen molar-refractivity contribution in [2.75, 3.05) is 12.8 Å². The van der Waals surface area contributed by atoms with Gasteiger partial charge in [0.2, 0.25) is 10.0 Å². The van der Waals surface area contributed by atoms with Gasteiger partial charge in [0.25, 0.3) is 0 Å². The maximum atomic E-state index is 12.6. The smallest absolute Gasteiger partial charge is 0.324 e. The van der Waals surface area contributed by atoms with Gasteiger partial charge in [0.1, 0.15) is 12.1 Å². The largest absolute Gasteiger partial charge is 0.461 e. The fourth-order valence-corrected chi connectivity index (χ4v) is 6.14. The highest BCUT2D eigenvalue weighted by atomic mass is 32.2. The lowest BCUT2D eigenvalue weighted by Crippen LogP contribution is -2.58. The first-order valence-corrected chi connectivity index (χ1v) is 10.6. The van der Waals surface area contributed by atoms with Gasteiger partial charge in [-0.15, -0.1) is 0 Å². The Kier molecular flexibility index (Phi) is 4.28. The van der Waals surface area contributed by atoms with E-state index < -0.39 is 16.1 Å². The zero-order chi connectivity index (χ0) is 17.0.